The molecule has 0 aromatic heterocycles. The van der Waals surface area contributed by atoms with Gasteiger partial charge in [0.2, 0.25) is 0 Å². The predicted molar refractivity (Wildman–Crippen MR) is 56.6 cm³/mol. The van der Waals surface area contributed by atoms with E-state index in [9.17, 15) is 0 Å². The van der Waals surface area contributed by atoms with Crippen molar-refractivity contribution in [2.24, 2.45) is 11.8 Å². The molecule has 0 bridgehead atoms. The van der Waals surface area contributed by atoms with E-state index in [1.54, 1.807) is 0 Å². The molecule has 2 rings (SSSR count). The lowest BCUT2D eigenvalue weighted by Gasteiger charge is -2.33. The van der Waals surface area contributed by atoms with E-state index in [-0.39, 0.29) is 0 Å². The summed E-state index contributed by atoms with van der Waals surface area (Å²) in [5, 5.41) is 0. The molecule has 1 aliphatic heterocycles. The Balaban J connectivity index is 2.12. The number of thioether (sulfide) groups is 1. The summed E-state index contributed by atoms with van der Waals surface area (Å²) in [6.45, 7) is 4.83. The molecule has 0 aromatic rings. The molecule has 2 aliphatic rings. The second-order valence-corrected chi connectivity index (χ2v) is 6.27. The summed E-state index contributed by atoms with van der Waals surface area (Å²) in [4.78, 5) is 0. The minimum Gasteiger partial charge on any atom is -0.155 e. The second kappa shape index (κ2) is 3.25. The molecule has 1 saturated heterocycles. The van der Waals surface area contributed by atoms with Gasteiger partial charge in [-0.15, -0.1) is 0 Å². The highest BCUT2D eigenvalue weighted by Gasteiger charge is 2.46. The van der Waals surface area contributed by atoms with Gasteiger partial charge in [-0.25, -0.2) is 0 Å². The topological polar surface area (TPSA) is 0 Å². The van der Waals surface area contributed by atoms with E-state index in [0.29, 0.717) is 0 Å². The van der Waals surface area contributed by atoms with Crippen molar-refractivity contribution in [3.05, 3.63) is 0 Å². The molecule has 0 radical (unpaired) electrons. The minimum atomic E-state index is 0.744. The van der Waals surface area contributed by atoms with Crippen LogP contribution in [0.4, 0.5) is 0 Å². The molecular formula is C11H20S. The Morgan fingerprint density at radius 1 is 1.25 bits per heavy atom. The fourth-order valence-electron chi connectivity index (χ4n) is 3.22. The summed E-state index contributed by atoms with van der Waals surface area (Å²) < 4.78 is 0.744. The van der Waals surface area contributed by atoms with Crippen molar-refractivity contribution in [2.75, 3.05) is 5.75 Å². The van der Waals surface area contributed by atoms with E-state index in [0.717, 1.165) is 16.6 Å². The maximum atomic E-state index is 2.41. The second-order valence-electron chi connectivity index (χ2n) is 4.76. The summed E-state index contributed by atoms with van der Waals surface area (Å²) in [5.74, 6) is 3.38. The molecule has 2 fully saturated rings. The van der Waals surface area contributed by atoms with Crippen LogP contribution in [0, 0.1) is 11.8 Å². The standard InChI is InChI=1S/C11H20S/c1-9(2)10-5-3-6-11(10)7-4-8-12-11/h9-10H,3-8H2,1-2H3. The molecule has 2 unspecified atom stereocenters. The Morgan fingerprint density at radius 3 is 2.58 bits per heavy atom. The van der Waals surface area contributed by atoms with E-state index in [2.05, 4.69) is 25.6 Å². The van der Waals surface area contributed by atoms with Crippen LogP contribution in [0.25, 0.3) is 0 Å². The maximum Gasteiger partial charge on any atom is 0.0191 e. The lowest BCUT2D eigenvalue weighted by atomic mass is 9.83. The van der Waals surface area contributed by atoms with Gasteiger partial charge < -0.3 is 0 Å². The van der Waals surface area contributed by atoms with Gasteiger partial charge in [0, 0.05) is 4.75 Å². The lowest BCUT2D eigenvalue weighted by Crippen LogP contribution is -2.29. The van der Waals surface area contributed by atoms with Gasteiger partial charge in [0.15, 0.2) is 0 Å². The largest absolute Gasteiger partial charge is 0.155 e. The molecule has 0 N–H and O–H groups in total. The molecule has 1 aliphatic carbocycles. The first-order valence-electron chi connectivity index (χ1n) is 5.38. The zero-order valence-corrected chi connectivity index (χ0v) is 9.12. The molecule has 1 saturated carbocycles. The summed E-state index contributed by atoms with van der Waals surface area (Å²) in [7, 11) is 0. The monoisotopic (exact) mass is 184 g/mol. The van der Waals surface area contributed by atoms with E-state index in [1.165, 1.54) is 37.9 Å². The van der Waals surface area contributed by atoms with Gasteiger partial charge in [-0.05, 0) is 43.3 Å². The Morgan fingerprint density at radius 2 is 2.00 bits per heavy atom. The van der Waals surface area contributed by atoms with Crippen LogP contribution in [0.3, 0.4) is 0 Å². The van der Waals surface area contributed by atoms with Gasteiger partial charge in [0.1, 0.15) is 0 Å². The molecule has 1 heteroatoms. The third-order valence-corrected chi connectivity index (χ3v) is 5.51. The summed E-state index contributed by atoms with van der Waals surface area (Å²) in [6, 6.07) is 0. The molecule has 0 nitrogen and oxygen atoms in total. The van der Waals surface area contributed by atoms with Crippen LogP contribution < -0.4 is 0 Å². The quantitative estimate of drug-likeness (QED) is 0.598. The van der Waals surface area contributed by atoms with Crippen LogP contribution in [0.15, 0.2) is 0 Å². The predicted octanol–water partition coefficient (Wildman–Crippen LogP) is 3.71. The Kier molecular flexibility index (Phi) is 2.42. The van der Waals surface area contributed by atoms with E-state index in [4.69, 9.17) is 0 Å². The highest BCUT2D eigenvalue weighted by molar-refractivity contribution is 8.00. The van der Waals surface area contributed by atoms with Gasteiger partial charge in [-0.2, -0.15) is 11.8 Å². The van der Waals surface area contributed by atoms with E-state index in [1.807, 2.05) is 0 Å². The Labute approximate surface area is 80.5 Å². The molecule has 1 spiro atoms. The van der Waals surface area contributed by atoms with Gasteiger partial charge >= 0.3 is 0 Å². The van der Waals surface area contributed by atoms with Gasteiger partial charge in [0.25, 0.3) is 0 Å². The normalized spacial score (nSPS) is 41.8. The average Bonchev–Trinajstić information content (AvgIpc) is 2.61. The van der Waals surface area contributed by atoms with Gasteiger partial charge in [-0.3, -0.25) is 0 Å². The number of rotatable bonds is 1. The zero-order valence-electron chi connectivity index (χ0n) is 8.31. The van der Waals surface area contributed by atoms with Crippen molar-refractivity contribution in [1.29, 1.82) is 0 Å². The third-order valence-electron chi connectivity index (χ3n) is 3.73. The molecule has 1 heterocycles. The summed E-state index contributed by atoms with van der Waals surface area (Å²) in [6.07, 6.45) is 7.51. The molecule has 0 amide bonds. The smallest absolute Gasteiger partial charge is 0.0191 e. The van der Waals surface area contributed by atoms with Crippen LogP contribution in [0.5, 0.6) is 0 Å². The first kappa shape index (κ1) is 8.93. The number of hydrogen-bond donors (Lipinski definition) is 0. The highest BCUT2D eigenvalue weighted by Crippen LogP contribution is 2.55. The fourth-order valence-corrected chi connectivity index (χ4v) is 5.10. The maximum absolute atomic E-state index is 2.41. The lowest BCUT2D eigenvalue weighted by molar-refractivity contribution is 0.320. The SMILES string of the molecule is CC(C)C1CCCC12CCCS2. The van der Waals surface area contributed by atoms with Crippen molar-refractivity contribution in [3.63, 3.8) is 0 Å². The van der Waals surface area contributed by atoms with Crippen molar-refractivity contribution < 1.29 is 0 Å². The molecule has 70 valence electrons. The van der Waals surface area contributed by atoms with Crippen LogP contribution >= 0.6 is 11.8 Å². The fraction of sp³-hybridized carbons (Fsp3) is 1.00. The Hall–Kier alpha value is 0.350. The zero-order chi connectivity index (χ0) is 8.60. The van der Waals surface area contributed by atoms with E-state index < -0.39 is 0 Å². The molecule has 2 atom stereocenters. The number of hydrogen-bond acceptors (Lipinski definition) is 1. The van der Waals surface area contributed by atoms with Gasteiger partial charge in [-0.1, -0.05) is 20.3 Å². The molecule has 0 aromatic carbocycles. The van der Waals surface area contributed by atoms with Crippen molar-refractivity contribution in [1.82, 2.24) is 0 Å². The van der Waals surface area contributed by atoms with Crippen LogP contribution in [-0.2, 0) is 0 Å². The first-order valence-corrected chi connectivity index (χ1v) is 6.37. The van der Waals surface area contributed by atoms with Crippen molar-refractivity contribution in [3.8, 4) is 0 Å². The average molecular weight is 184 g/mol. The van der Waals surface area contributed by atoms with E-state index >= 15 is 0 Å². The van der Waals surface area contributed by atoms with Crippen molar-refractivity contribution >= 4 is 11.8 Å². The van der Waals surface area contributed by atoms with Crippen LogP contribution in [-0.4, -0.2) is 10.5 Å². The first-order chi connectivity index (χ1) is 5.75. The highest BCUT2D eigenvalue weighted by atomic mass is 32.2. The minimum absolute atomic E-state index is 0.744. The van der Waals surface area contributed by atoms with Gasteiger partial charge in [0.05, 0.1) is 0 Å². The van der Waals surface area contributed by atoms with Crippen LogP contribution in [0.1, 0.15) is 46.0 Å². The third kappa shape index (κ3) is 1.30. The van der Waals surface area contributed by atoms with Crippen LogP contribution in [0.2, 0.25) is 0 Å². The molecular weight excluding hydrogens is 164 g/mol. The molecule has 12 heavy (non-hydrogen) atoms. The Bertz CT molecular complexity index is 151. The van der Waals surface area contributed by atoms with Crippen molar-refractivity contribution in [2.45, 2.75) is 50.7 Å². The summed E-state index contributed by atoms with van der Waals surface area (Å²) >= 11 is 2.29. The summed E-state index contributed by atoms with van der Waals surface area (Å²) in [5.41, 5.74) is 0.